The maximum absolute atomic E-state index is 12.2. The van der Waals surface area contributed by atoms with Crippen LogP contribution in [-0.2, 0) is 36.5 Å². The van der Waals surface area contributed by atoms with Gasteiger partial charge < -0.3 is 20.1 Å². The first-order valence-corrected chi connectivity index (χ1v) is 16.9. The first-order valence-electron chi connectivity index (χ1n) is 15.8. The lowest BCUT2D eigenvalue weighted by molar-refractivity contribution is -0.116. The molecule has 0 aliphatic heterocycles. The molecule has 2 N–H and O–H groups in total. The van der Waals surface area contributed by atoms with E-state index in [1.165, 1.54) is 0 Å². The summed E-state index contributed by atoms with van der Waals surface area (Å²) in [7, 11) is 3.53. The summed E-state index contributed by atoms with van der Waals surface area (Å²) in [5, 5.41) is 15.8. The highest BCUT2D eigenvalue weighted by Gasteiger charge is 2.14. The number of aromatic nitrogens is 4. The van der Waals surface area contributed by atoms with Crippen LogP contribution in [0.15, 0.2) is 103 Å². The summed E-state index contributed by atoms with van der Waals surface area (Å²) in [5.41, 5.74) is 3.30. The van der Waals surface area contributed by atoms with Crippen molar-refractivity contribution in [3.8, 4) is 23.0 Å². The average molecular weight is 746 g/mol. The van der Waals surface area contributed by atoms with E-state index < -0.39 is 0 Å². The molecule has 13 heteroatoms. The Labute approximate surface area is 310 Å². The molecule has 4 aromatic carbocycles. The van der Waals surface area contributed by atoms with Gasteiger partial charge >= 0.3 is 0 Å². The van der Waals surface area contributed by atoms with Crippen molar-refractivity contribution in [2.75, 3.05) is 10.6 Å². The number of halogens is 3. The Morgan fingerprint density at radius 2 is 1.02 bits per heavy atom. The van der Waals surface area contributed by atoms with E-state index in [-0.39, 0.29) is 24.7 Å². The molecule has 0 aliphatic rings. The quantitative estimate of drug-likeness (QED) is 0.145. The molecule has 2 heterocycles. The largest absolute Gasteiger partial charge is 0.457 e. The Morgan fingerprint density at radius 1 is 0.608 bits per heavy atom. The number of hydrogen-bond acceptors (Lipinski definition) is 6. The minimum Gasteiger partial charge on any atom is -0.457 e. The zero-order chi connectivity index (χ0) is 36.5. The van der Waals surface area contributed by atoms with Gasteiger partial charge in [-0.25, -0.2) is 0 Å². The third kappa shape index (κ3) is 10.8. The third-order valence-electron chi connectivity index (χ3n) is 7.35. The number of benzene rings is 4. The van der Waals surface area contributed by atoms with Crippen molar-refractivity contribution in [3.63, 3.8) is 0 Å². The van der Waals surface area contributed by atoms with Gasteiger partial charge in [0.2, 0.25) is 11.8 Å². The summed E-state index contributed by atoms with van der Waals surface area (Å²) in [6, 6.07) is 30.9. The average Bonchev–Trinajstić information content (AvgIpc) is 3.54. The molecule has 0 atom stereocenters. The van der Waals surface area contributed by atoms with Crippen LogP contribution in [-0.4, -0.2) is 31.4 Å². The van der Waals surface area contributed by atoms with E-state index in [9.17, 15) is 9.59 Å². The Morgan fingerprint density at radius 3 is 1.39 bits per heavy atom. The maximum atomic E-state index is 12.2. The predicted molar refractivity (Wildman–Crippen MR) is 202 cm³/mol. The van der Waals surface area contributed by atoms with Gasteiger partial charge in [0.1, 0.15) is 39.7 Å². The molecule has 2 amide bonds. The fourth-order valence-corrected chi connectivity index (χ4v) is 5.32. The topological polar surface area (TPSA) is 112 Å². The van der Waals surface area contributed by atoms with Crippen molar-refractivity contribution in [1.29, 1.82) is 0 Å². The van der Waals surface area contributed by atoms with Crippen molar-refractivity contribution >= 4 is 58.3 Å². The monoisotopic (exact) mass is 744 g/mol. The number of carbonyl (C=O) groups excluding carboxylic acids is 2. The number of nitrogens with zero attached hydrogens (tertiary/aromatic N) is 4. The maximum Gasteiger partial charge on any atom is 0.229 e. The highest BCUT2D eigenvalue weighted by atomic mass is 35.5. The van der Waals surface area contributed by atoms with Gasteiger partial charge in [0.05, 0.1) is 24.2 Å². The highest BCUT2D eigenvalue weighted by molar-refractivity contribution is 6.34. The molecule has 0 radical (unpaired) electrons. The molecule has 6 rings (SSSR count). The van der Waals surface area contributed by atoms with Gasteiger partial charge in [-0.15, -0.1) is 0 Å². The fraction of sp³-hybridized carbons (Fsp3) is 0.158. The first-order chi connectivity index (χ1) is 24.4. The van der Waals surface area contributed by atoms with E-state index in [1.807, 2.05) is 61.5 Å². The minimum atomic E-state index is -0.165. The number of hydrogen-bond donors (Lipinski definition) is 2. The lowest BCUT2D eigenvalue weighted by atomic mass is 10.1. The predicted octanol–water partition coefficient (Wildman–Crippen LogP) is 9.36. The lowest BCUT2D eigenvalue weighted by Crippen LogP contribution is -2.16. The SMILES string of the molecule is Cc1cc(NC(=O)Cc2ccc(Oc3ccc(Cl)cc3)cc2)n(C)n1.Cc1nn(C)c(NC(=O)Cc2ccc(Oc3ccc(Cl)cc3)cc2)c1Cl. The smallest absolute Gasteiger partial charge is 0.229 e. The number of carbonyl (C=O) groups is 2. The number of rotatable bonds is 10. The van der Waals surface area contributed by atoms with Gasteiger partial charge in [-0.1, -0.05) is 59.1 Å². The molecule has 6 aromatic rings. The second-order valence-electron chi connectivity index (χ2n) is 11.5. The van der Waals surface area contributed by atoms with Gasteiger partial charge in [-0.3, -0.25) is 19.0 Å². The Hall–Kier alpha value is -5.29. The van der Waals surface area contributed by atoms with Crippen molar-refractivity contribution in [1.82, 2.24) is 19.6 Å². The van der Waals surface area contributed by atoms with Crippen molar-refractivity contribution < 1.29 is 19.1 Å². The van der Waals surface area contributed by atoms with Crippen LogP contribution in [0, 0.1) is 13.8 Å². The van der Waals surface area contributed by atoms with Crippen LogP contribution in [0.2, 0.25) is 15.1 Å². The summed E-state index contributed by atoms with van der Waals surface area (Å²) in [6.45, 7) is 3.67. The van der Waals surface area contributed by atoms with Crippen LogP contribution in [0.4, 0.5) is 11.6 Å². The van der Waals surface area contributed by atoms with Crippen molar-refractivity contribution in [2.45, 2.75) is 26.7 Å². The molecule has 10 nitrogen and oxygen atoms in total. The molecular weight excluding hydrogens is 711 g/mol. The molecule has 0 bridgehead atoms. The molecule has 0 unspecified atom stereocenters. The van der Waals surface area contributed by atoms with E-state index in [2.05, 4.69) is 20.8 Å². The van der Waals surface area contributed by atoms with Gasteiger partial charge in [0.25, 0.3) is 0 Å². The summed E-state index contributed by atoms with van der Waals surface area (Å²) in [4.78, 5) is 24.4. The summed E-state index contributed by atoms with van der Waals surface area (Å²) in [5.74, 6) is 3.72. The number of anilines is 2. The summed E-state index contributed by atoms with van der Waals surface area (Å²) < 4.78 is 14.7. The molecule has 51 heavy (non-hydrogen) atoms. The van der Waals surface area contributed by atoms with Crippen LogP contribution in [0.1, 0.15) is 22.5 Å². The van der Waals surface area contributed by atoms with Gasteiger partial charge in [-0.2, -0.15) is 10.2 Å². The van der Waals surface area contributed by atoms with Crippen LogP contribution in [0.25, 0.3) is 0 Å². The van der Waals surface area contributed by atoms with Crippen molar-refractivity contribution in [2.24, 2.45) is 14.1 Å². The van der Waals surface area contributed by atoms with Crippen LogP contribution in [0.5, 0.6) is 23.0 Å². The molecular formula is C38H35Cl3N6O4. The molecule has 0 fully saturated rings. The molecule has 0 aliphatic carbocycles. The van der Waals surface area contributed by atoms with Crippen LogP contribution < -0.4 is 20.1 Å². The number of aryl methyl sites for hydroxylation is 4. The summed E-state index contributed by atoms with van der Waals surface area (Å²) in [6.07, 6.45) is 0.507. The van der Waals surface area contributed by atoms with Gasteiger partial charge in [0, 0.05) is 30.2 Å². The molecule has 2 aromatic heterocycles. The Kier molecular flexibility index (Phi) is 12.4. The molecule has 0 saturated carbocycles. The second kappa shape index (κ2) is 17.1. The number of ether oxygens (including phenoxy) is 2. The normalized spacial score (nSPS) is 10.6. The molecule has 0 saturated heterocycles. The van der Waals surface area contributed by atoms with E-state index in [0.717, 1.165) is 16.8 Å². The van der Waals surface area contributed by atoms with E-state index in [0.29, 0.717) is 55.4 Å². The molecule has 0 spiro atoms. The highest BCUT2D eigenvalue weighted by Crippen LogP contribution is 2.26. The Bertz CT molecular complexity index is 2090. The molecule has 262 valence electrons. The van der Waals surface area contributed by atoms with Crippen LogP contribution >= 0.6 is 34.8 Å². The summed E-state index contributed by atoms with van der Waals surface area (Å²) >= 11 is 17.9. The zero-order valence-corrected chi connectivity index (χ0v) is 30.6. The fourth-order valence-electron chi connectivity index (χ4n) is 4.86. The Balaban J connectivity index is 0.000000198. The lowest BCUT2D eigenvalue weighted by Gasteiger charge is -2.08. The number of nitrogens with one attached hydrogen (secondary N) is 2. The zero-order valence-electron chi connectivity index (χ0n) is 28.3. The first kappa shape index (κ1) is 37.0. The van der Waals surface area contributed by atoms with Gasteiger partial charge in [0.15, 0.2) is 0 Å². The minimum absolute atomic E-state index is 0.0885. The van der Waals surface area contributed by atoms with Crippen molar-refractivity contribution in [3.05, 3.63) is 141 Å². The van der Waals surface area contributed by atoms with E-state index >= 15 is 0 Å². The third-order valence-corrected chi connectivity index (χ3v) is 8.31. The second-order valence-corrected chi connectivity index (χ2v) is 12.8. The van der Waals surface area contributed by atoms with E-state index in [4.69, 9.17) is 44.3 Å². The number of amides is 2. The standard InChI is InChI=1S/C19H17Cl2N3O2.C19H18ClN3O2/c1-12-18(21)19(24(2)23-12)22-17(25)11-13-3-7-15(8-4-13)26-16-9-5-14(20)6-10-16;1-13-11-18(23(2)22-13)21-19(24)12-14-3-7-16(8-4-14)25-17-9-5-15(20)6-10-17/h3-10H,11H2,1-2H3,(H,22,25);3-11H,12H2,1-2H3,(H,21,24). The van der Waals surface area contributed by atoms with Crippen LogP contribution in [0.3, 0.4) is 0 Å². The van der Waals surface area contributed by atoms with E-state index in [1.54, 1.807) is 78.9 Å². The van der Waals surface area contributed by atoms with Gasteiger partial charge in [-0.05, 0) is 97.8 Å².